The molecule has 0 bridgehead atoms. The van der Waals surface area contributed by atoms with Gasteiger partial charge in [-0.3, -0.25) is 4.79 Å². The van der Waals surface area contributed by atoms with Crippen LogP contribution in [0.2, 0.25) is 0 Å². The molecule has 5 heteroatoms. The average molecular weight is 428 g/mol. The van der Waals surface area contributed by atoms with Crippen molar-refractivity contribution in [2.45, 2.75) is 72.3 Å². The molecule has 164 valence electrons. The summed E-state index contributed by atoms with van der Waals surface area (Å²) in [6, 6.07) is 9.05. The van der Waals surface area contributed by atoms with E-state index in [1.807, 2.05) is 11.8 Å². The molecule has 0 saturated carbocycles. The maximum Gasteiger partial charge on any atom is 0.265 e. The second kappa shape index (κ2) is 10.5. The van der Waals surface area contributed by atoms with E-state index in [1.54, 1.807) is 11.3 Å². The highest BCUT2D eigenvalue weighted by molar-refractivity contribution is 7.17. The number of thiazole rings is 1. The first-order valence-corrected chi connectivity index (χ1v) is 12.4. The number of likely N-dealkylation sites (tertiary alicyclic amines) is 1. The van der Waals surface area contributed by atoms with Gasteiger partial charge in [-0.1, -0.05) is 52.0 Å². The standard InChI is InChI=1S/C25H37N3OS/c1-6-14-27(15-7-2)20-12-16-28(17-13-20)25(29)23-19(5)26-24(30-23)22-11-9-8-10-21(22)18(3)4/h8-11,18,20H,6-7,12-17H2,1-5H3. The van der Waals surface area contributed by atoms with Crippen molar-refractivity contribution < 1.29 is 4.79 Å². The van der Waals surface area contributed by atoms with E-state index in [9.17, 15) is 4.79 Å². The molecule has 1 aromatic carbocycles. The lowest BCUT2D eigenvalue weighted by atomic mass is 9.98. The zero-order chi connectivity index (χ0) is 21.7. The summed E-state index contributed by atoms with van der Waals surface area (Å²) in [4.78, 5) is 23.6. The molecule has 2 heterocycles. The normalized spacial score (nSPS) is 15.4. The molecule has 0 radical (unpaired) electrons. The number of nitrogens with zero attached hydrogens (tertiary/aromatic N) is 3. The summed E-state index contributed by atoms with van der Waals surface area (Å²) < 4.78 is 0. The van der Waals surface area contributed by atoms with Gasteiger partial charge in [0.05, 0.1) is 5.69 Å². The van der Waals surface area contributed by atoms with Gasteiger partial charge in [0.25, 0.3) is 5.91 Å². The summed E-state index contributed by atoms with van der Waals surface area (Å²) in [5.74, 6) is 0.590. The summed E-state index contributed by atoms with van der Waals surface area (Å²) in [7, 11) is 0. The third kappa shape index (κ3) is 5.12. The average Bonchev–Trinajstić information content (AvgIpc) is 3.14. The van der Waals surface area contributed by atoms with E-state index in [2.05, 4.69) is 56.9 Å². The Balaban J connectivity index is 1.72. The molecule has 0 N–H and O–H groups in total. The lowest BCUT2D eigenvalue weighted by molar-refractivity contribution is 0.0622. The van der Waals surface area contributed by atoms with Crippen LogP contribution in [0.5, 0.6) is 0 Å². The van der Waals surface area contributed by atoms with Crippen molar-refractivity contribution in [2.75, 3.05) is 26.2 Å². The molecule has 0 atom stereocenters. The minimum absolute atomic E-state index is 0.161. The molecule has 1 saturated heterocycles. The van der Waals surface area contributed by atoms with Crippen molar-refractivity contribution in [2.24, 2.45) is 0 Å². The van der Waals surface area contributed by atoms with E-state index >= 15 is 0 Å². The summed E-state index contributed by atoms with van der Waals surface area (Å²) in [6.07, 6.45) is 4.54. The number of benzene rings is 1. The van der Waals surface area contributed by atoms with Crippen molar-refractivity contribution in [3.05, 3.63) is 40.4 Å². The highest BCUT2D eigenvalue weighted by Gasteiger charge is 2.29. The Hall–Kier alpha value is -1.72. The van der Waals surface area contributed by atoms with Crippen LogP contribution in [-0.4, -0.2) is 52.9 Å². The molecule has 0 spiro atoms. The maximum absolute atomic E-state index is 13.3. The van der Waals surface area contributed by atoms with Crippen LogP contribution in [0.15, 0.2) is 24.3 Å². The van der Waals surface area contributed by atoms with E-state index in [4.69, 9.17) is 4.98 Å². The fourth-order valence-electron chi connectivity index (χ4n) is 4.53. The number of carbonyl (C=O) groups is 1. The van der Waals surface area contributed by atoms with Gasteiger partial charge in [0.1, 0.15) is 9.88 Å². The number of piperidine rings is 1. The zero-order valence-corrected chi connectivity index (χ0v) is 20.1. The van der Waals surface area contributed by atoms with Crippen molar-refractivity contribution in [1.29, 1.82) is 0 Å². The molecular formula is C25H37N3OS. The van der Waals surface area contributed by atoms with Gasteiger partial charge in [0.15, 0.2) is 0 Å². The summed E-state index contributed by atoms with van der Waals surface area (Å²) in [5, 5.41) is 0.965. The Morgan fingerprint density at radius 2 is 1.80 bits per heavy atom. The Kier molecular flexibility index (Phi) is 8.06. The number of carbonyl (C=O) groups excluding carboxylic acids is 1. The van der Waals surface area contributed by atoms with Crippen LogP contribution >= 0.6 is 11.3 Å². The molecule has 4 nitrogen and oxygen atoms in total. The first-order valence-electron chi connectivity index (χ1n) is 11.6. The second-order valence-electron chi connectivity index (χ2n) is 8.73. The third-order valence-corrected chi connectivity index (χ3v) is 7.27. The van der Waals surface area contributed by atoms with Gasteiger partial charge in [0, 0.05) is 24.7 Å². The van der Waals surface area contributed by atoms with Crippen molar-refractivity contribution in [1.82, 2.24) is 14.8 Å². The van der Waals surface area contributed by atoms with Crippen molar-refractivity contribution in [3.8, 4) is 10.6 Å². The molecule has 0 unspecified atom stereocenters. The Morgan fingerprint density at radius 1 is 1.17 bits per heavy atom. The third-order valence-electron chi connectivity index (χ3n) is 6.09. The summed E-state index contributed by atoms with van der Waals surface area (Å²) >= 11 is 1.56. The van der Waals surface area contributed by atoms with Crippen LogP contribution in [0, 0.1) is 6.92 Å². The predicted molar refractivity (Wildman–Crippen MR) is 127 cm³/mol. The summed E-state index contributed by atoms with van der Waals surface area (Å²) in [6.45, 7) is 14.9. The Labute approximate surface area is 186 Å². The molecule has 3 rings (SSSR count). The molecule has 1 fully saturated rings. The lowest BCUT2D eigenvalue weighted by Gasteiger charge is -2.38. The highest BCUT2D eigenvalue weighted by atomic mass is 32.1. The maximum atomic E-state index is 13.3. The largest absolute Gasteiger partial charge is 0.338 e. The predicted octanol–water partition coefficient (Wildman–Crippen LogP) is 5.97. The number of hydrogen-bond acceptors (Lipinski definition) is 4. The quantitative estimate of drug-likeness (QED) is 0.521. The lowest BCUT2D eigenvalue weighted by Crippen LogP contribution is -2.47. The van der Waals surface area contributed by atoms with Gasteiger partial charge in [-0.25, -0.2) is 4.98 Å². The van der Waals surface area contributed by atoms with Gasteiger partial charge in [-0.2, -0.15) is 0 Å². The topological polar surface area (TPSA) is 36.4 Å². The minimum atomic E-state index is 0.161. The first kappa shape index (κ1) is 23.0. The van der Waals surface area contributed by atoms with E-state index < -0.39 is 0 Å². The number of rotatable bonds is 8. The number of amides is 1. The van der Waals surface area contributed by atoms with E-state index in [-0.39, 0.29) is 5.91 Å². The van der Waals surface area contributed by atoms with Crippen LogP contribution in [0.4, 0.5) is 0 Å². The van der Waals surface area contributed by atoms with Crippen LogP contribution in [-0.2, 0) is 0 Å². The summed E-state index contributed by atoms with van der Waals surface area (Å²) in [5.41, 5.74) is 3.31. The van der Waals surface area contributed by atoms with Gasteiger partial charge in [0.2, 0.25) is 0 Å². The van der Waals surface area contributed by atoms with Gasteiger partial charge >= 0.3 is 0 Å². The second-order valence-corrected chi connectivity index (χ2v) is 9.73. The van der Waals surface area contributed by atoms with Crippen LogP contribution in [0.3, 0.4) is 0 Å². The smallest absolute Gasteiger partial charge is 0.265 e. The molecule has 2 aromatic rings. The number of hydrogen-bond donors (Lipinski definition) is 0. The SMILES string of the molecule is CCCN(CCC)C1CCN(C(=O)c2sc(-c3ccccc3C(C)C)nc2C)CC1. The fraction of sp³-hybridized carbons (Fsp3) is 0.600. The Bertz CT molecular complexity index is 831. The highest BCUT2D eigenvalue weighted by Crippen LogP contribution is 2.34. The molecule has 1 aliphatic rings. The fourth-order valence-corrected chi connectivity index (χ4v) is 5.62. The first-order chi connectivity index (χ1) is 14.5. The van der Waals surface area contributed by atoms with E-state index in [1.165, 1.54) is 31.5 Å². The van der Waals surface area contributed by atoms with Crippen molar-refractivity contribution in [3.63, 3.8) is 0 Å². The molecule has 0 aliphatic carbocycles. The van der Waals surface area contributed by atoms with Crippen LogP contribution in [0.1, 0.15) is 80.2 Å². The van der Waals surface area contributed by atoms with E-state index in [0.29, 0.717) is 12.0 Å². The minimum Gasteiger partial charge on any atom is -0.338 e. The molecule has 30 heavy (non-hydrogen) atoms. The number of aromatic nitrogens is 1. The zero-order valence-electron chi connectivity index (χ0n) is 19.3. The van der Waals surface area contributed by atoms with E-state index in [0.717, 1.165) is 47.1 Å². The van der Waals surface area contributed by atoms with Crippen LogP contribution in [0.25, 0.3) is 10.6 Å². The monoisotopic (exact) mass is 427 g/mol. The van der Waals surface area contributed by atoms with Crippen molar-refractivity contribution >= 4 is 17.2 Å². The molecule has 1 aliphatic heterocycles. The molecule has 1 amide bonds. The van der Waals surface area contributed by atoms with Gasteiger partial charge in [-0.05, 0) is 57.2 Å². The molecule has 1 aromatic heterocycles. The van der Waals surface area contributed by atoms with Gasteiger partial charge in [-0.15, -0.1) is 11.3 Å². The van der Waals surface area contributed by atoms with Crippen LogP contribution < -0.4 is 0 Å². The van der Waals surface area contributed by atoms with Gasteiger partial charge < -0.3 is 9.80 Å². The number of aryl methyl sites for hydroxylation is 1. The Morgan fingerprint density at radius 3 is 2.40 bits per heavy atom. The molecular weight excluding hydrogens is 390 g/mol.